The first-order valence-electron chi connectivity index (χ1n) is 4.47. The molecular weight excluding hydrogens is 160 g/mol. The molecule has 0 bridgehead atoms. The molecule has 70 valence electrons. The summed E-state index contributed by atoms with van der Waals surface area (Å²) in [5.74, 6) is 0. The van der Waals surface area contributed by atoms with Crippen LogP contribution in [-0.2, 0) is 5.60 Å². The Balaban J connectivity index is 2.99. The molecule has 0 heterocycles. The highest BCUT2D eigenvalue weighted by Gasteiger charge is 2.20. The van der Waals surface area contributed by atoms with Gasteiger partial charge in [-0.3, -0.25) is 0 Å². The predicted molar refractivity (Wildman–Crippen MR) is 55.6 cm³/mol. The first-order valence-corrected chi connectivity index (χ1v) is 4.47. The van der Waals surface area contributed by atoms with Crippen LogP contribution in [0.1, 0.15) is 24.5 Å². The van der Waals surface area contributed by atoms with E-state index in [0.29, 0.717) is 6.42 Å². The van der Waals surface area contributed by atoms with Gasteiger partial charge < -0.3 is 5.11 Å². The molecule has 0 saturated heterocycles. The van der Waals surface area contributed by atoms with Crippen LogP contribution in [0.15, 0.2) is 36.9 Å². The van der Waals surface area contributed by atoms with Crippen LogP contribution >= 0.6 is 0 Å². The normalized spacial score (nSPS) is 15.0. The van der Waals surface area contributed by atoms with Gasteiger partial charge in [-0.15, -0.1) is 6.58 Å². The standard InChI is InChI=1S/C12H16O/c1-4-8-12(3,13)11-7-5-6-10(2)9-11/h4-7,9,13H,1,8H2,2-3H3/t12-/m1/s1. The van der Waals surface area contributed by atoms with E-state index in [9.17, 15) is 5.11 Å². The largest absolute Gasteiger partial charge is 0.385 e. The van der Waals surface area contributed by atoms with Crippen LogP contribution in [0.5, 0.6) is 0 Å². The van der Waals surface area contributed by atoms with E-state index in [-0.39, 0.29) is 0 Å². The van der Waals surface area contributed by atoms with Crippen molar-refractivity contribution in [2.24, 2.45) is 0 Å². The summed E-state index contributed by atoms with van der Waals surface area (Å²) in [4.78, 5) is 0. The van der Waals surface area contributed by atoms with Gasteiger partial charge in [0.15, 0.2) is 0 Å². The highest BCUT2D eigenvalue weighted by Crippen LogP contribution is 2.24. The smallest absolute Gasteiger partial charge is 0.0902 e. The van der Waals surface area contributed by atoms with Crippen molar-refractivity contribution in [3.63, 3.8) is 0 Å². The molecule has 1 N–H and O–H groups in total. The van der Waals surface area contributed by atoms with Crippen molar-refractivity contribution in [2.45, 2.75) is 25.9 Å². The van der Waals surface area contributed by atoms with Crippen molar-refractivity contribution in [3.05, 3.63) is 48.0 Å². The molecular formula is C12H16O. The SMILES string of the molecule is C=CC[C@@](C)(O)c1cccc(C)c1. The lowest BCUT2D eigenvalue weighted by atomic mass is 9.92. The molecule has 1 aromatic carbocycles. The van der Waals surface area contributed by atoms with Crippen LogP contribution in [-0.4, -0.2) is 5.11 Å². The summed E-state index contributed by atoms with van der Waals surface area (Å²) in [6, 6.07) is 7.93. The van der Waals surface area contributed by atoms with Gasteiger partial charge in [-0.05, 0) is 25.8 Å². The molecule has 1 nitrogen and oxygen atoms in total. The van der Waals surface area contributed by atoms with Crippen molar-refractivity contribution in [1.82, 2.24) is 0 Å². The molecule has 1 rings (SSSR count). The van der Waals surface area contributed by atoms with Gasteiger partial charge in [-0.1, -0.05) is 35.9 Å². The van der Waals surface area contributed by atoms with E-state index in [0.717, 1.165) is 5.56 Å². The number of aliphatic hydroxyl groups is 1. The molecule has 0 saturated carbocycles. The first-order chi connectivity index (χ1) is 6.06. The Morgan fingerprint density at radius 2 is 2.23 bits per heavy atom. The lowest BCUT2D eigenvalue weighted by Gasteiger charge is -2.22. The van der Waals surface area contributed by atoms with Gasteiger partial charge >= 0.3 is 0 Å². The second-order valence-electron chi connectivity index (χ2n) is 3.64. The molecule has 0 amide bonds. The predicted octanol–water partition coefficient (Wildman–Crippen LogP) is 2.78. The van der Waals surface area contributed by atoms with Crippen LogP contribution in [0.2, 0.25) is 0 Å². The van der Waals surface area contributed by atoms with E-state index in [1.807, 2.05) is 38.1 Å². The van der Waals surface area contributed by atoms with E-state index >= 15 is 0 Å². The van der Waals surface area contributed by atoms with Crippen molar-refractivity contribution < 1.29 is 5.11 Å². The zero-order chi connectivity index (χ0) is 9.90. The molecule has 1 aromatic rings. The third-order valence-corrected chi connectivity index (χ3v) is 2.18. The molecule has 0 spiro atoms. The highest BCUT2D eigenvalue weighted by atomic mass is 16.3. The zero-order valence-corrected chi connectivity index (χ0v) is 8.25. The van der Waals surface area contributed by atoms with E-state index in [1.54, 1.807) is 6.08 Å². The molecule has 0 fully saturated rings. The lowest BCUT2D eigenvalue weighted by Crippen LogP contribution is -2.19. The van der Waals surface area contributed by atoms with Gasteiger partial charge in [0, 0.05) is 0 Å². The van der Waals surface area contributed by atoms with Crippen molar-refractivity contribution in [3.8, 4) is 0 Å². The van der Waals surface area contributed by atoms with Gasteiger partial charge in [0.1, 0.15) is 0 Å². The summed E-state index contributed by atoms with van der Waals surface area (Å²) in [7, 11) is 0. The van der Waals surface area contributed by atoms with Crippen LogP contribution in [0, 0.1) is 6.92 Å². The average Bonchev–Trinajstić information content (AvgIpc) is 2.04. The second-order valence-corrected chi connectivity index (χ2v) is 3.64. The number of hydrogen-bond donors (Lipinski definition) is 1. The van der Waals surface area contributed by atoms with Crippen molar-refractivity contribution in [1.29, 1.82) is 0 Å². The molecule has 13 heavy (non-hydrogen) atoms. The van der Waals surface area contributed by atoms with Crippen LogP contribution in [0.25, 0.3) is 0 Å². The summed E-state index contributed by atoms with van der Waals surface area (Å²) >= 11 is 0. The summed E-state index contributed by atoms with van der Waals surface area (Å²) in [6.07, 6.45) is 2.32. The maximum Gasteiger partial charge on any atom is 0.0902 e. The van der Waals surface area contributed by atoms with Gasteiger partial charge in [0.2, 0.25) is 0 Å². The summed E-state index contributed by atoms with van der Waals surface area (Å²) in [6.45, 7) is 7.46. The third-order valence-electron chi connectivity index (χ3n) is 2.18. The minimum absolute atomic E-state index is 0.580. The van der Waals surface area contributed by atoms with Crippen LogP contribution in [0.3, 0.4) is 0 Å². The number of aryl methyl sites for hydroxylation is 1. The fourth-order valence-corrected chi connectivity index (χ4v) is 1.38. The number of hydrogen-bond acceptors (Lipinski definition) is 1. The average molecular weight is 176 g/mol. The molecule has 0 aromatic heterocycles. The van der Waals surface area contributed by atoms with Crippen molar-refractivity contribution in [2.75, 3.05) is 0 Å². The molecule has 0 unspecified atom stereocenters. The van der Waals surface area contributed by atoms with Gasteiger partial charge in [0.25, 0.3) is 0 Å². The van der Waals surface area contributed by atoms with E-state index in [1.165, 1.54) is 5.56 Å². The fraction of sp³-hybridized carbons (Fsp3) is 0.333. The minimum Gasteiger partial charge on any atom is -0.385 e. The number of benzene rings is 1. The Morgan fingerprint density at radius 3 is 2.77 bits per heavy atom. The fourth-order valence-electron chi connectivity index (χ4n) is 1.38. The maximum atomic E-state index is 10.0. The van der Waals surface area contributed by atoms with E-state index in [4.69, 9.17) is 0 Å². The summed E-state index contributed by atoms with van der Waals surface area (Å²) in [5.41, 5.74) is 1.34. The van der Waals surface area contributed by atoms with Gasteiger partial charge in [-0.25, -0.2) is 0 Å². The third kappa shape index (κ3) is 2.43. The lowest BCUT2D eigenvalue weighted by molar-refractivity contribution is 0.0606. The Kier molecular flexibility index (Phi) is 2.89. The van der Waals surface area contributed by atoms with Gasteiger partial charge in [-0.2, -0.15) is 0 Å². The summed E-state index contributed by atoms with van der Waals surface area (Å²) in [5, 5.41) is 10.0. The van der Waals surface area contributed by atoms with Crippen LogP contribution in [0.4, 0.5) is 0 Å². The molecule has 0 aliphatic rings. The Bertz CT molecular complexity index is 300. The highest BCUT2D eigenvalue weighted by molar-refractivity contribution is 5.27. The first kappa shape index (κ1) is 10.0. The Labute approximate surface area is 79.7 Å². The second kappa shape index (κ2) is 3.75. The monoisotopic (exact) mass is 176 g/mol. The number of rotatable bonds is 3. The van der Waals surface area contributed by atoms with Gasteiger partial charge in [0.05, 0.1) is 5.60 Å². The van der Waals surface area contributed by atoms with Crippen molar-refractivity contribution >= 4 is 0 Å². The van der Waals surface area contributed by atoms with E-state index in [2.05, 4.69) is 6.58 Å². The molecule has 1 heteroatoms. The maximum absolute atomic E-state index is 10.0. The molecule has 0 radical (unpaired) electrons. The topological polar surface area (TPSA) is 20.2 Å². The quantitative estimate of drug-likeness (QED) is 0.702. The summed E-state index contributed by atoms with van der Waals surface area (Å²) < 4.78 is 0. The Morgan fingerprint density at radius 1 is 1.54 bits per heavy atom. The van der Waals surface area contributed by atoms with Crippen LogP contribution < -0.4 is 0 Å². The minimum atomic E-state index is -0.784. The zero-order valence-electron chi connectivity index (χ0n) is 8.25. The molecule has 1 atom stereocenters. The van der Waals surface area contributed by atoms with E-state index < -0.39 is 5.60 Å². The Hall–Kier alpha value is -1.08. The molecule has 0 aliphatic heterocycles. The molecule has 0 aliphatic carbocycles.